The number of anilines is 3. The summed E-state index contributed by atoms with van der Waals surface area (Å²) in [6, 6.07) is 15.4. The Bertz CT molecular complexity index is 3030. The number of likely N-dealkylation sites (tertiary alicyclic amines) is 1. The summed E-state index contributed by atoms with van der Waals surface area (Å²) in [6.07, 6.45) is 0.478. The summed E-state index contributed by atoms with van der Waals surface area (Å²) < 4.78 is 54.0. The van der Waals surface area contributed by atoms with Gasteiger partial charge in [0, 0.05) is 66.7 Å². The predicted octanol–water partition coefficient (Wildman–Crippen LogP) is 6.26. The zero-order valence-electron chi connectivity index (χ0n) is 39.0. The maximum Gasteiger partial charge on any atom is 0.416 e. The number of imidazole rings is 1. The van der Waals surface area contributed by atoms with Gasteiger partial charge in [-0.3, -0.25) is 39.0 Å². The summed E-state index contributed by atoms with van der Waals surface area (Å²) in [4.78, 5) is 86.2. The number of benzene rings is 3. The Balaban J connectivity index is 0.697. The molecule has 17 nitrogen and oxygen atoms in total. The third-order valence-electron chi connectivity index (χ3n) is 13.2. The van der Waals surface area contributed by atoms with Gasteiger partial charge in [0.05, 0.1) is 54.7 Å². The van der Waals surface area contributed by atoms with Crippen molar-refractivity contribution in [1.29, 1.82) is 0 Å². The number of carbonyl (C=O) groups excluding carboxylic acids is 6. The first-order valence-electron chi connectivity index (χ1n) is 23.6. The molecule has 21 heteroatoms. The normalized spacial score (nSPS) is 17.7. The number of carbonyl (C=O) groups is 6. The number of alkyl halides is 3. The standard InChI is InChI=1S/C51H49ClF3N9O8/c1-30-31(4-2-5-38(30)47(67)58-34-27-32(51(53,54)55)26-33(52)28-34)8-9-35-29-57-42-11-12-43(60-64(35)42)61-20-14-36(15-21-61)72-37-16-22-62(23-17-37)45(66)18-24-71-25-19-56-40-7-3-6-39-46(40)50(70)63(49(39)69)41-10-13-44(65)59-48(41)68/h2-7,11-12,26-29,36-37,41,56H,10,13-25H2,1H3,(H,58,67)(H,59,65,68). The van der Waals surface area contributed by atoms with Crippen LogP contribution in [-0.2, 0) is 30.0 Å². The van der Waals surface area contributed by atoms with Crippen LogP contribution in [0.3, 0.4) is 0 Å². The van der Waals surface area contributed by atoms with Crippen molar-refractivity contribution in [2.24, 2.45) is 0 Å². The molecule has 374 valence electrons. The van der Waals surface area contributed by atoms with Gasteiger partial charge >= 0.3 is 6.18 Å². The average Bonchev–Trinajstić information content (AvgIpc) is 3.88. The number of piperidine rings is 3. The topological polar surface area (TPSA) is 197 Å². The Hall–Kier alpha value is -7.34. The predicted molar refractivity (Wildman–Crippen MR) is 258 cm³/mol. The largest absolute Gasteiger partial charge is 0.416 e. The monoisotopic (exact) mass is 1010 g/mol. The number of aromatic nitrogens is 3. The molecule has 6 amide bonds. The lowest BCUT2D eigenvalue weighted by molar-refractivity contribution is -0.138. The Morgan fingerprint density at radius 1 is 0.889 bits per heavy atom. The van der Waals surface area contributed by atoms with E-state index in [9.17, 15) is 41.9 Å². The third kappa shape index (κ3) is 10.9. The van der Waals surface area contributed by atoms with Crippen molar-refractivity contribution < 1.29 is 51.4 Å². The highest BCUT2D eigenvalue weighted by Crippen LogP contribution is 2.35. The van der Waals surface area contributed by atoms with Crippen LogP contribution in [0.25, 0.3) is 5.65 Å². The molecular formula is C51H49ClF3N9O8. The molecule has 3 saturated heterocycles. The minimum atomic E-state index is -4.63. The van der Waals surface area contributed by atoms with Crippen molar-refractivity contribution in [2.45, 2.75) is 76.3 Å². The van der Waals surface area contributed by atoms with E-state index in [1.165, 1.54) is 12.1 Å². The van der Waals surface area contributed by atoms with Crippen LogP contribution in [0.2, 0.25) is 5.02 Å². The Morgan fingerprint density at radius 2 is 1.64 bits per heavy atom. The molecule has 4 aliphatic heterocycles. The first kappa shape index (κ1) is 49.6. The molecule has 0 saturated carbocycles. The lowest BCUT2D eigenvalue weighted by Crippen LogP contribution is -2.54. The van der Waals surface area contributed by atoms with Gasteiger partial charge < -0.3 is 29.9 Å². The smallest absolute Gasteiger partial charge is 0.382 e. The van der Waals surface area contributed by atoms with E-state index < -0.39 is 47.3 Å². The number of ether oxygens (including phenoxy) is 2. The molecule has 6 heterocycles. The molecule has 3 fully saturated rings. The SMILES string of the molecule is Cc1c(C#Cc2cnc3ccc(N4CCC(OC5CCN(C(=O)CCOCCNc6cccc7c6C(=O)N(C6CCC(=O)NC6=O)C7=O)CC5)CC4)nn23)cccc1C(=O)Nc1cc(Cl)cc(C(F)(F)F)c1. The van der Waals surface area contributed by atoms with Crippen LogP contribution < -0.4 is 20.9 Å². The number of rotatable bonds is 13. The van der Waals surface area contributed by atoms with E-state index in [4.69, 9.17) is 26.2 Å². The summed E-state index contributed by atoms with van der Waals surface area (Å²) in [5, 5.41) is 12.6. The number of imide groups is 2. The van der Waals surface area contributed by atoms with Crippen LogP contribution in [0.1, 0.15) is 98.4 Å². The van der Waals surface area contributed by atoms with E-state index in [1.807, 2.05) is 17.0 Å². The summed E-state index contributed by atoms with van der Waals surface area (Å²) >= 11 is 5.91. The molecular weight excluding hydrogens is 959 g/mol. The molecule has 2 aromatic heterocycles. The fourth-order valence-corrected chi connectivity index (χ4v) is 9.60. The van der Waals surface area contributed by atoms with Crippen LogP contribution >= 0.6 is 11.6 Å². The van der Waals surface area contributed by atoms with Gasteiger partial charge in [-0.2, -0.15) is 13.2 Å². The van der Waals surface area contributed by atoms with Gasteiger partial charge in [0.25, 0.3) is 17.7 Å². The third-order valence-corrected chi connectivity index (χ3v) is 13.4. The number of halogens is 4. The number of amides is 6. The molecule has 5 aromatic rings. The number of nitrogens with zero attached hydrogens (tertiary/aromatic N) is 6. The Morgan fingerprint density at radius 3 is 2.39 bits per heavy atom. The second-order valence-electron chi connectivity index (χ2n) is 17.9. The van der Waals surface area contributed by atoms with E-state index in [1.54, 1.807) is 48.0 Å². The van der Waals surface area contributed by atoms with Gasteiger partial charge in [-0.25, -0.2) is 9.50 Å². The summed E-state index contributed by atoms with van der Waals surface area (Å²) in [7, 11) is 0. The quantitative estimate of drug-likeness (QED) is 0.0682. The summed E-state index contributed by atoms with van der Waals surface area (Å²) in [6.45, 7) is 5.10. The van der Waals surface area contributed by atoms with Crippen molar-refractivity contribution in [1.82, 2.24) is 29.7 Å². The molecule has 72 heavy (non-hydrogen) atoms. The summed E-state index contributed by atoms with van der Waals surface area (Å²) in [5.41, 5.74) is 2.17. The zero-order valence-corrected chi connectivity index (χ0v) is 39.8. The maximum absolute atomic E-state index is 13.3. The molecule has 0 spiro atoms. The molecule has 9 rings (SSSR count). The van der Waals surface area contributed by atoms with E-state index >= 15 is 0 Å². The molecule has 1 unspecified atom stereocenters. The zero-order chi connectivity index (χ0) is 50.7. The molecule has 1 atom stereocenters. The van der Waals surface area contributed by atoms with Gasteiger partial charge in [-0.1, -0.05) is 29.7 Å². The lowest BCUT2D eigenvalue weighted by Gasteiger charge is -2.37. The molecule has 3 N–H and O–H groups in total. The van der Waals surface area contributed by atoms with E-state index in [0.717, 1.165) is 61.6 Å². The highest BCUT2D eigenvalue weighted by molar-refractivity contribution is 6.31. The van der Waals surface area contributed by atoms with Crippen molar-refractivity contribution in [3.05, 3.63) is 117 Å². The molecule has 0 aliphatic carbocycles. The van der Waals surface area contributed by atoms with Crippen LogP contribution in [0, 0.1) is 18.8 Å². The highest BCUT2D eigenvalue weighted by Gasteiger charge is 2.45. The van der Waals surface area contributed by atoms with Crippen molar-refractivity contribution in [3.63, 3.8) is 0 Å². The summed E-state index contributed by atoms with van der Waals surface area (Å²) in [5.74, 6) is 4.08. The molecule has 4 aliphatic rings. The Kier molecular flexibility index (Phi) is 14.6. The molecule has 0 radical (unpaired) electrons. The van der Waals surface area contributed by atoms with Crippen molar-refractivity contribution in [2.75, 3.05) is 61.5 Å². The fraction of sp³-hybridized carbons (Fsp3) is 0.373. The van der Waals surface area contributed by atoms with Crippen LogP contribution in [0.4, 0.5) is 30.4 Å². The van der Waals surface area contributed by atoms with E-state index in [-0.39, 0.29) is 78.0 Å². The number of fused-ring (bicyclic) bond motifs is 2. The molecule has 3 aromatic carbocycles. The minimum Gasteiger partial charge on any atom is -0.382 e. The van der Waals surface area contributed by atoms with Gasteiger partial charge in [-0.15, -0.1) is 5.10 Å². The number of hydrogen-bond acceptors (Lipinski definition) is 12. The van der Waals surface area contributed by atoms with Crippen molar-refractivity contribution in [3.8, 4) is 11.8 Å². The van der Waals surface area contributed by atoms with Crippen LogP contribution in [0.15, 0.2) is 72.9 Å². The van der Waals surface area contributed by atoms with Crippen LogP contribution in [0.5, 0.6) is 0 Å². The van der Waals surface area contributed by atoms with E-state index in [2.05, 4.69) is 37.7 Å². The van der Waals surface area contributed by atoms with Gasteiger partial charge in [0.1, 0.15) is 17.6 Å². The first-order chi connectivity index (χ1) is 34.6. The second kappa shape index (κ2) is 21.2. The average molecular weight is 1010 g/mol. The minimum absolute atomic E-state index is 0.0000232. The highest BCUT2D eigenvalue weighted by atomic mass is 35.5. The molecule has 0 bridgehead atoms. The second-order valence-corrected chi connectivity index (χ2v) is 18.3. The van der Waals surface area contributed by atoms with Gasteiger partial charge in [0.15, 0.2) is 5.65 Å². The van der Waals surface area contributed by atoms with Gasteiger partial charge in [-0.05, 0) is 105 Å². The van der Waals surface area contributed by atoms with Crippen molar-refractivity contribution >= 4 is 69.9 Å². The maximum atomic E-state index is 13.3. The van der Waals surface area contributed by atoms with Crippen LogP contribution in [-0.4, -0.2) is 124 Å². The van der Waals surface area contributed by atoms with E-state index in [0.29, 0.717) is 47.8 Å². The number of nitrogens with one attached hydrogen (secondary N) is 3. The number of hydrogen-bond donors (Lipinski definition) is 3. The van der Waals surface area contributed by atoms with Gasteiger partial charge in [0.2, 0.25) is 17.7 Å². The first-order valence-corrected chi connectivity index (χ1v) is 24.0. The lowest BCUT2D eigenvalue weighted by atomic mass is 10.0. The Labute approximate surface area is 416 Å². The fourth-order valence-electron chi connectivity index (χ4n) is 9.36.